The average molecular weight is 700 g/mol. The van der Waals surface area contributed by atoms with Crippen LogP contribution in [0.15, 0.2) is 91.3 Å². The van der Waals surface area contributed by atoms with Crippen LogP contribution in [0.5, 0.6) is 11.5 Å². The molecule has 0 saturated carbocycles. The Morgan fingerprint density at radius 2 is 1.55 bits per heavy atom. The molecule has 0 N–H and O–H groups in total. The predicted molar refractivity (Wildman–Crippen MR) is 179 cm³/mol. The third-order valence-electron chi connectivity index (χ3n) is 9.57. The molecule has 2 saturated heterocycles. The number of halogens is 3. The van der Waals surface area contributed by atoms with Crippen molar-refractivity contribution in [2.45, 2.75) is 30.7 Å². The van der Waals surface area contributed by atoms with Gasteiger partial charge in [-0.1, -0.05) is 60.7 Å². The summed E-state index contributed by atoms with van der Waals surface area (Å²) >= 11 is 0. The van der Waals surface area contributed by atoms with Crippen molar-refractivity contribution in [2.75, 3.05) is 46.9 Å². The number of carbonyl (C=O) groups is 1. The van der Waals surface area contributed by atoms with Crippen LogP contribution in [0.4, 0.5) is 13.2 Å². The number of methoxy groups -OCH3 is 2. The van der Waals surface area contributed by atoms with Gasteiger partial charge in [0.05, 0.1) is 19.8 Å². The van der Waals surface area contributed by atoms with Crippen molar-refractivity contribution in [3.8, 4) is 17.2 Å². The molecule has 15 heteroatoms. The van der Waals surface area contributed by atoms with E-state index in [1.54, 1.807) is 29.4 Å². The van der Waals surface area contributed by atoms with Gasteiger partial charge in [0.2, 0.25) is 5.82 Å². The van der Waals surface area contributed by atoms with Gasteiger partial charge in [0, 0.05) is 69.7 Å². The highest BCUT2D eigenvalue weighted by atomic mass is 19.4. The molecule has 3 aromatic carbocycles. The van der Waals surface area contributed by atoms with Gasteiger partial charge in [0.15, 0.2) is 5.75 Å². The predicted octanol–water partition coefficient (Wildman–Crippen LogP) is 4.33. The number of piperazine rings is 2. The van der Waals surface area contributed by atoms with E-state index in [-0.39, 0.29) is 47.7 Å². The van der Waals surface area contributed by atoms with E-state index in [4.69, 9.17) is 9.47 Å². The maximum Gasteiger partial charge on any atom is 0.453 e. The summed E-state index contributed by atoms with van der Waals surface area (Å²) in [5, 5.41) is 10.2. The normalized spacial score (nSPS) is 18.4. The van der Waals surface area contributed by atoms with E-state index in [0.29, 0.717) is 48.7 Å². The molecule has 0 unspecified atom stereocenters. The van der Waals surface area contributed by atoms with Gasteiger partial charge in [-0.2, -0.15) is 17.9 Å². The number of aromatic nitrogens is 6. The van der Waals surface area contributed by atoms with Crippen molar-refractivity contribution in [1.82, 2.24) is 44.9 Å². The third kappa shape index (κ3) is 6.86. The van der Waals surface area contributed by atoms with Crippen LogP contribution in [0.2, 0.25) is 0 Å². The Morgan fingerprint density at radius 3 is 2.18 bits per heavy atom. The van der Waals surface area contributed by atoms with E-state index in [2.05, 4.69) is 59.6 Å². The second kappa shape index (κ2) is 14.4. The summed E-state index contributed by atoms with van der Waals surface area (Å²) in [5.41, 5.74) is 2.89. The largest absolute Gasteiger partial charge is 0.496 e. The highest BCUT2D eigenvalue weighted by molar-refractivity contribution is 5.90. The van der Waals surface area contributed by atoms with Crippen LogP contribution in [0.3, 0.4) is 0 Å². The monoisotopic (exact) mass is 699 g/mol. The standard InChI is InChI=1S/C36H36F3N9O3/c1-50-30-15-14-28(48-35(36(37,38)39)42-43-44-48)32(51-2)27(30)22-45-20-26-21-46(34(49)33-40-16-9-17-41-33)18-19-47(26)29(23-45)31(24-10-5-3-6-11-24)25-12-7-4-8-13-25/h3-17,26,29,31H,18-23H2,1-2H3/t26-,29+/m1/s1. The third-order valence-corrected chi connectivity index (χ3v) is 9.57. The van der Waals surface area contributed by atoms with E-state index in [0.717, 1.165) is 11.1 Å². The number of hydrogen-bond donors (Lipinski definition) is 0. The molecule has 1 amide bonds. The molecule has 0 aliphatic carbocycles. The molecule has 4 heterocycles. The number of rotatable bonds is 9. The maximum absolute atomic E-state index is 13.9. The van der Waals surface area contributed by atoms with Crippen molar-refractivity contribution in [2.24, 2.45) is 0 Å². The van der Waals surface area contributed by atoms with Crippen molar-refractivity contribution in [1.29, 1.82) is 0 Å². The highest BCUT2D eigenvalue weighted by Crippen LogP contribution is 2.40. The molecule has 51 heavy (non-hydrogen) atoms. The number of fused-ring (bicyclic) bond motifs is 1. The van der Waals surface area contributed by atoms with Gasteiger partial charge in [-0.25, -0.2) is 9.97 Å². The van der Waals surface area contributed by atoms with Crippen LogP contribution in [0.25, 0.3) is 5.69 Å². The van der Waals surface area contributed by atoms with Gasteiger partial charge in [-0.15, -0.1) is 5.10 Å². The smallest absolute Gasteiger partial charge is 0.453 e. The summed E-state index contributed by atoms with van der Waals surface area (Å²) in [6, 6.07) is 25.3. The molecule has 264 valence electrons. The summed E-state index contributed by atoms with van der Waals surface area (Å²) in [6.07, 6.45) is -1.68. The molecule has 2 aliphatic heterocycles. The summed E-state index contributed by atoms with van der Waals surface area (Å²) in [4.78, 5) is 28.5. The molecule has 2 aliphatic rings. The zero-order valence-corrected chi connectivity index (χ0v) is 28.0. The number of nitrogens with zero attached hydrogens (tertiary/aromatic N) is 9. The second-order valence-corrected chi connectivity index (χ2v) is 12.5. The average Bonchev–Trinajstić information content (AvgIpc) is 3.67. The van der Waals surface area contributed by atoms with Crippen molar-refractivity contribution in [3.63, 3.8) is 0 Å². The Labute approximate surface area is 292 Å². The Morgan fingerprint density at radius 1 is 0.863 bits per heavy atom. The van der Waals surface area contributed by atoms with Gasteiger partial charge in [-0.05, 0) is 39.8 Å². The first kappa shape index (κ1) is 34.1. The highest BCUT2D eigenvalue weighted by Gasteiger charge is 2.44. The van der Waals surface area contributed by atoms with Gasteiger partial charge in [0.1, 0.15) is 11.4 Å². The molecular formula is C36H36F3N9O3. The van der Waals surface area contributed by atoms with E-state index < -0.39 is 12.0 Å². The molecule has 0 bridgehead atoms. The van der Waals surface area contributed by atoms with Gasteiger partial charge < -0.3 is 14.4 Å². The van der Waals surface area contributed by atoms with Crippen LogP contribution in [0, 0.1) is 0 Å². The zero-order valence-electron chi connectivity index (χ0n) is 28.0. The number of tetrazole rings is 1. The first-order chi connectivity index (χ1) is 24.8. The fourth-order valence-corrected chi connectivity index (χ4v) is 7.41. The van der Waals surface area contributed by atoms with Crippen LogP contribution >= 0.6 is 0 Å². The van der Waals surface area contributed by atoms with Crippen LogP contribution in [-0.4, -0.2) is 110 Å². The van der Waals surface area contributed by atoms with Gasteiger partial charge in [-0.3, -0.25) is 14.6 Å². The molecule has 2 aromatic heterocycles. The topological polar surface area (TPSA) is 115 Å². The first-order valence-corrected chi connectivity index (χ1v) is 16.5. The van der Waals surface area contributed by atoms with E-state index >= 15 is 0 Å². The van der Waals surface area contributed by atoms with Gasteiger partial charge >= 0.3 is 6.18 Å². The van der Waals surface area contributed by atoms with Gasteiger partial charge in [0.25, 0.3) is 11.7 Å². The van der Waals surface area contributed by atoms with E-state index in [1.165, 1.54) is 20.3 Å². The second-order valence-electron chi connectivity index (χ2n) is 12.5. The summed E-state index contributed by atoms with van der Waals surface area (Å²) in [5.74, 6) is -0.772. The molecule has 12 nitrogen and oxygen atoms in total. The Bertz CT molecular complexity index is 1910. The Kier molecular flexibility index (Phi) is 9.65. The number of ether oxygens (including phenoxy) is 2. The molecule has 0 spiro atoms. The lowest BCUT2D eigenvalue weighted by molar-refractivity contribution is -0.146. The first-order valence-electron chi connectivity index (χ1n) is 16.5. The van der Waals surface area contributed by atoms with Crippen LogP contribution in [0.1, 0.15) is 39.1 Å². The van der Waals surface area contributed by atoms with E-state index in [9.17, 15) is 18.0 Å². The SMILES string of the molecule is COc1ccc(-n2nnnc2C(F)(F)F)c(OC)c1CN1C[C@@H]2CN(C(=O)c3ncccn3)CCN2[C@H](C(c2ccccc2)c2ccccc2)C1. The molecule has 5 aromatic rings. The van der Waals surface area contributed by atoms with Crippen molar-refractivity contribution < 1.29 is 27.4 Å². The number of alkyl halides is 3. The zero-order chi connectivity index (χ0) is 35.5. The summed E-state index contributed by atoms with van der Waals surface area (Å²) in [6.45, 7) is 3.03. The maximum atomic E-state index is 13.9. The lowest BCUT2D eigenvalue weighted by Gasteiger charge is -2.53. The molecular weight excluding hydrogens is 663 g/mol. The number of hydrogen-bond acceptors (Lipinski definition) is 10. The minimum Gasteiger partial charge on any atom is -0.496 e. The number of benzene rings is 3. The fourth-order valence-electron chi connectivity index (χ4n) is 7.41. The van der Waals surface area contributed by atoms with E-state index in [1.807, 2.05) is 36.4 Å². The minimum absolute atomic E-state index is 0.0249. The lowest BCUT2D eigenvalue weighted by Crippen LogP contribution is -2.67. The lowest BCUT2D eigenvalue weighted by atomic mass is 9.81. The number of carbonyl (C=O) groups excluding carboxylic acids is 1. The Balaban J connectivity index is 1.29. The van der Waals surface area contributed by atoms with Crippen LogP contribution in [-0.2, 0) is 12.7 Å². The summed E-state index contributed by atoms with van der Waals surface area (Å²) in [7, 11) is 2.91. The van der Waals surface area contributed by atoms with Crippen molar-refractivity contribution in [3.05, 3.63) is 120 Å². The minimum atomic E-state index is -4.79. The van der Waals surface area contributed by atoms with Crippen LogP contribution < -0.4 is 9.47 Å². The Hall–Kier alpha value is -5.41. The molecule has 0 radical (unpaired) electrons. The molecule has 2 fully saturated rings. The molecule has 7 rings (SSSR count). The fraction of sp³-hybridized carbons (Fsp3) is 0.333. The number of amides is 1. The quantitative estimate of drug-likeness (QED) is 0.220. The summed E-state index contributed by atoms with van der Waals surface area (Å²) < 4.78 is 53.9. The van der Waals surface area contributed by atoms with Crippen molar-refractivity contribution >= 4 is 5.91 Å². The molecule has 2 atom stereocenters.